The minimum absolute atomic E-state index is 0.0268. The van der Waals surface area contributed by atoms with E-state index in [1.807, 2.05) is 108 Å². The smallest absolute Gasteiger partial charge is 0.238 e. The van der Waals surface area contributed by atoms with Gasteiger partial charge in [0.25, 0.3) is 0 Å². The molecule has 0 bridgehead atoms. The molecular weight excluding hydrogens is 460 g/mol. The van der Waals surface area contributed by atoms with Crippen molar-refractivity contribution in [3.05, 3.63) is 89.0 Å². The lowest BCUT2D eigenvalue weighted by Gasteiger charge is -2.15. The highest BCUT2D eigenvalue weighted by atomic mass is 16.5. The van der Waals surface area contributed by atoms with Gasteiger partial charge in [0, 0.05) is 29.0 Å². The van der Waals surface area contributed by atoms with Crippen LogP contribution in [0.2, 0.25) is 0 Å². The number of ether oxygens (including phenoxy) is 2. The van der Waals surface area contributed by atoms with Gasteiger partial charge in [-0.1, -0.05) is 59.7 Å². The van der Waals surface area contributed by atoms with Gasteiger partial charge in [-0.3, -0.25) is 0 Å². The van der Waals surface area contributed by atoms with E-state index in [0.29, 0.717) is 17.1 Å². The Balaban J connectivity index is 1.83. The second-order valence-corrected chi connectivity index (χ2v) is 9.62. The van der Waals surface area contributed by atoms with Crippen LogP contribution < -0.4 is 9.47 Å². The third-order valence-corrected chi connectivity index (χ3v) is 5.70. The second-order valence-electron chi connectivity index (χ2n) is 9.62. The molecule has 37 heavy (non-hydrogen) atoms. The molecule has 188 valence electrons. The third kappa shape index (κ3) is 6.10. The van der Waals surface area contributed by atoms with Crippen LogP contribution in [0.25, 0.3) is 22.5 Å². The standard InChI is InChI=1S/C32H32N2O3/c1-20(2)35-27-16-15-26(29(17-27)36-21(3)4)19-34-32-28(18-33)30(24-11-7-22(5)8-12-24)31(37-32)25-13-9-23(6)10-14-25/h7-17,19-21H,1-6H3. The van der Waals surface area contributed by atoms with Crippen LogP contribution in [0.15, 0.2) is 76.1 Å². The summed E-state index contributed by atoms with van der Waals surface area (Å²) in [6.45, 7) is 12.0. The fourth-order valence-electron chi connectivity index (χ4n) is 3.97. The van der Waals surface area contributed by atoms with Crippen LogP contribution in [0.5, 0.6) is 11.5 Å². The van der Waals surface area contributed by atoms with Gasteiger partial charge in [-0.15, -0.1) is 0 Å². The Hall–Kier alpha value is -4.30. The Morgan fingerprint density at radius 2 is 1.41 bits per heavy atom. The molecule has 0 atom stereocenters. The van der Waals surface area contributed by atoms with Crippen LogP contribution in [0, 0.1) is 25.2 Å². The molecular formula is C32H32N2O3. The van der Waals surface area contributed by atoms with Crippen molar-refractivity contribution >= 4 is 12.1 Å². The first-order valence-electron chi connectivity index (χ1n) is 12.5. The van der Waals surface area contributed by atoms with Crippen molar-refractivity contribution < 1.29 is 13.9 Å². The minimum atomic E-state index is -0.0268. The number of aliphatic imine (C=N–C) groups is 1. The molecule has 0 aliphatic carbocycles. The fraction of sp³-hybridized carbons (Fsp3) is 0.250. The zero-order chi connectivity index (χ0) is 26.5. The number of hydrogen-bond acceptors (Lipinski definition) is 5. The summed E-state index contributed by atoms with van der Waals surface area (Å²) in [4.78, 5) is 4.64. The molecule has 0 saturated heterocycles. The predicted octanol–water partition coefficient (Wildman–Crippen LogP) is 8.43. The quantitative estimate of drug-likeness (QED) is 0.231. The van der Waals surface area contributed by atoms with Crippen molar-refractivity contribution in [2.75, 3.05) is 0 Å². The van der Waals surface area contributed by atoms with E-state index in [1.165, 1.54) is 0 Å². The van der Waals surface area contributed by atoms with E-state index in [0.717, 1.165) is 39.1 Å². The fourth-order valence-corrected chi connectivity index (χ4v) is 3.97. The molecule has 0 aliphatic heterocycles. The predicted molar refractivity (Wildman–Crippen MR) is 149 cm³/mol. The molecule has 1 heterocycles. The zero-order valence-corrected chi connectivity index (χ0v) is 22.2. The van der Waals surface area contributed by atoms with Crippen LogP contribution in [0.4, 0.5) is 5.88 Å². The van der Waals surface area contributed by atoms with Gasteiger partial charge < -0.3 is 13.9 Å². The van der Waals surface area contributed by atoms with Crippen molar-refractivity contribution in [3.63, 3.8) is 0 Å². The molecule has 0 amide bonds. The Bertz CT molecular complexity index is 1440. The summed E-state index contributed by atoms with van der Waals surface area (Å²) in [5, 5.41) is 10.2. The number of hydrogen-bond donors (Lipinski definition) is 0. The van der Waals surface area contributed by atoms with Gasteiger partial charge >= 0.3 is 0 Å². The number of nitrogens with zero attached hydrogens (tertiary/aromatic N) is 2. The Morgan fingerprint density at radius 1 is 0.811 bits per heavy atom. The van der Waals surface area contributed by atoms with Crippen LogP contribution in [0.3, 0.4) is 0 Å². The van der Waals surface area contributed by atoms with Crippen LogP contribution >= 0.6 is 0 Å². The first-order chi connectivity index (χ1) is 17.7. The summed E-state index contributed by atoms with van der Waals surface area (Å²) >= 11 is 0. The van der Waals surface area contributed by atoms with Gasteiger partial charge in [-0.05, 0) is 59.2 Å². The lowest BCUT2D eigenvalue weighted by Crippen LogP contribution is -2.09. The summed E-state index contributed by atoms with van der Waals surface area (Å²) in [7, 11) is 0. The molecule has 0 fully saturated rings. The molecule has 1 aromatic heterocycles. The Labute approximate surface area is 219 Å². The number of benzene rings is 3. The lowest BCUT2D eigenvalue weighted by molar-refractivity contribution is 0.229. The first kappa shape index (κ1) is 25.8. The maximum absolute atomic E-state index is 10.2. The molecule has 0 aliphatic rings. The normalized spacial score (nSPS) is 11.3. The molecule has 3 aromatic carbocycles. The van der Waals surface area contributed by atoms with Crippen molar-refractivity contribution in [3.8, 4) is 40.0 Å². The van der Waals surface area contributed by atoms with Crippen LogP contribution in [-0.2, 0) is 0 Å². The van der Waals surface area contributed by atoms with Crippen LogP contribution in [0.1, 0.15) is 49.9 Å². The molecule has 0 N–H and O–H groups in total. The number of furan rings is 1. The van der Waals surface area contributed by atoms with E-state index < -0.39 is 0 Å². The monoisotopic (exact) mass is 492 g/mol. The molecule has 5 nitrogen and oxygen atoms in total. The SMILES string of the molecule is Cc1ccc(-c2oc(N=Cc3ccc(OC(C)C)cc3OC(C)C)c(C#N)c2-c2ccc(C)cc2)cc1. The molecule has 5 heteroatoms. The highest BCUT2D eigenvalue weighted by Gasteiger charge is 2.23. The van der Waals surface area contributed by atoms with Crippen molar-refractivity contribution in [1.82, 2.24) is 0 Å². The highest BCUT2D eigenvalue weighted by molar-refractivity contribution is 5.91. The third-order valence-electron chi connectivity index (χ3n) is 5.70. The van der Waals surface area contributed by atoms with E-state index in [4.69, 9.17) is 13.9 Å². The van der Waals surface area contributed by atoms with E-state index in [-0.39, 0.29) is 18.1 Å². The zero-order valence-electron chi connectivity index (χ0n) is 22.2. The molecule has 4 rings (SSSR count). The van der Waals surface area contributed by atoms with Crippen molar-refractivity contribution in [2.24, 2.45) is 4.99 Å². The molecule has 4 aromatic rings. The molecule has 0 unspecified atom stereocenters. The van der Waals surface area contributed by atoms with Gasteiger partial charge in [0.2, 0.25) is 5.88 Å². The van der Waals surface area contributed by atoms with E-state index in [2.05, 4.69) is 11.1 Å². The topological polar surface area (TPSA) is 67.8 Å². The number of nitriles is 1. The average Bonchev–Trinajstić information content (AvgIpc) is 3.22. The molecule has 0 spiro atoms. The maximum atomic E-state index is 10.2. The highest BCUT2D eigenvalue weighted by Crippen LogP contribution is 2.42. The molecule has 0 radical (unpaired) electrons. The van der Waals surface area contributed by atoms with E-state index in [1.54, 1.807) is 6.21 Å². The Morgan fingerprint density at radius 3 is 1.97 bits per heavy atom. The van der Waals surface area contributed by atoms with Gasteiger partial charge in [0.15, 0.2) is 0 Å². The summed E-state index contributed by atoms with van der Waals surface area (Å²) in [5.41, 5.74) is 5.97. The maximum Gasteiger partial charge on any atom is 0.238 e. The van der Waals surface area contributed by atoms with E-state index in [9.17, 15) is 5.26 Å². The minimum Gasteiger partial charge on any atom is -0.491 e. The van der Waals surface area contributed by atoms with Gasteiger partial charge in [0.05, 0.1) is 12.2 Å². The van der Waals surface area contributed by atoms with Gasteiger partial charge in [-0.25, -0.2) is 4.99 Å². The second kappa shape index (κ2) is 11.2. The van der Waals surface area contributed by atoms with Gasteiger partial charge in [0.1, 0.15) is 28.9 Å². The summed E-state index contributed by atoms with van der Waals surface area (Å²) in [6, 6.07) is 24.1. The average molecular weight is 493 g/mol. The van der Waals surface area contributed by atoms with Crippen LogP contribution in [-0.4, -0.2) is 18.4 Å². The largest absolute Gasteiger partial charge is 0.491 e. The Kier molecular flexibility index (Phi) is 7.79. The summed E-state index contributed by atoms with van der Waals surface area (Å²) in [6.07, 6.45) is 1.70. The number of aryl methyl sites for hydroxylation is 2. The first-order valence-corrected chi connectivity index (χ1v) is 12.5. The van der Waals surface area contributed by atoms with E-state index >= 15 is 0 Å². The molecule has 0 saturated carbocycles. The summed E-state index contributed by atoms with van der Waals surface area (Å²) in [5.74, 6) is 2.25. The number of rotatable bonds is 8. The lowest BCUT2D eigenvalue weighted by atomic mass is 9.97. The van der Waals surface area contributed by atoms with Crippen molar-refractivity contribution in [1.29, 1.82) is 5.26 Å². The van der Waals surface area contributed by atoms with Gasteiger partial charge in [-0.2, -0.15) is 5.26 Å². The summed E-state index contributed by atoms with van der Waals surface area (Å²) < 4.78 is 18.2. The van der Waals surface area contributed by atoms with Crippen molar-refractivity contribution in [2.45, 2.75) is 53.8 Å².